The molecule has 0 atom stereocenters. The molecular formula is C21H15NO6. The van der Waals surface area contributed by atoms with Crippen LogP contribution in [-0.4, -0.2) is 17.0 Å². The molecular weight excluding hydrogens is 362 g/mol. The maximum absolute atomic E-state index is 12.4. The molecule has 3 rings (SSSR count). The van der Waals surface area contributed by atoms with Crippen molar-refractivity contribution in [3.05, 3.63) is 100 Å². The Hall–Kier alpha value is -4.00. The number of non-ortho nitro benzene ring substituents is 1. The number of ether oxygens (including phenoxy) is 2. The maximum Gasteiger partial charge on any atom is 0.516 e. The highest BCUT2D eigenvalue weighted by Crippen LogP contribution is 2.26. The summed E-state index contributed by atoms with van der Waals surface area (Å²) in [5.74, 6) is -0.869. The molecule has 28 heavy (non-hydrogen) atoms. The zero-order valence-electron chi connectivity index (χ0n) is 14.6. The van der Waals surface area contributed by atoms with Gasteiger partial charge in [-0.1, -0.05) is 48.5 Å². The Balaban J connectivity index is 1.72. The second kappa shape index (κ2) is 8.59. The Bertz CT molecular complexity index is 999. The normalized spacial score (nSPS) is 10.1. The Morgan fingerprint density at radius 1 is 0.857 bits per heavy atom. The van der Waals surface area contributed by atoms with Gasteiger partial charge in [0.1, 0.15) is 6.61 Å². The van der Waals surface area contributed by atoms with Gasteiger partial charge in [0.05, 0.1) is 10.5 Å². The van der Waals surface area contributed by atoms with Gasteiger partial charge < -0.3 is 9.47 Å². The topological polar surface area (TPSA) is 95.7 Å². The molecule has 0 saturated carbocycles. The van der Waals surface area contributed by atoms with Crippen molar-refractivity contribution in [2.24, 2.45) is 0 Å². The van der Waals surface area contributed by atoms with Crippen molar-refractivity contribution in [2.75, 3.05) is 0 Å². The van der Waals surface area contributed by atoms with Crippen molar-refractivity contribution in [1.82, 2.24) is 0 Å². The Labute approximate surface area is 160 Å². The number of nitro benzene ring substituents is 1. The average Bonchev–Trinajstić information content (AvgIpc) is 2.73. The molecule has 0 heterocycles. The molecule has 140 valence electrons. The van der Waals surface area contributed by atoms with Gasteiger partial charge in [0, 0.05) is 12.1 Å². The van der Waals surface area contributed by atoms with E-state index in [0.29, 0.717) is 11.1 Å². The van der Waals surface area contributed by atoms with Gasteiger partial charge in [-0.2, -0.15) is 0 Å². The molecule has 0 saturated heterocycles. The number of nitro groups is 1. The number of hydrogen-bond acceptors (Lipinski definition) is 6. The van der Waals surface area contributed by atoms with Gasteiger partial charge in [-0.15, -0.1) is 0 Å². The van der Waals surface area contributed by atoms with Crippen LogP contribution in [0, 0.1) is 10.1 Å². The molecule has 0 aliphatic rings. The lowest BCUT2D eigenvalue weighted by atomic mass is 9.99. The quantitative estimate of drug-likeness (QED) is 0.275. The number of nitrogens with zero attached hydrogens (tertiary/aromatic N) is 1. The third-order valence-electron chi connectivity index (χ3n) is 3.91. The highest BCUT2D eigenvalue weighted by Gasteiger charge is 2.19. The Kier molecular flexibility index (Phi) is 5.76. The minimum atomic E-state index is -1.10. The number of esters is 1. The first-order chi connectivity index (χ1) is 13.5. The minimum Gasteiger partial charge on any atom is -0.429 e. The SMILES string of the molecule is O=C(OCc1ccccc1)OC(=O)c1ccccc1-c1ccc([N+](=O)[O-])cc1. The van der Waals surface area contributed by atoms with Crippen LogP contribution in [0.2, 0.25) is 0 Å². The van der Waals surface area contributed by atoms with Gasteiger partial charge in [-0.05, 0) is 34.9 Å². The molecule has 7 heteroatoms. The molecule has 0 fully saturated rings. The summed E-state index contributed by atoms with van der Waals surface area (Å²) in [7, 11) is 0. The molecule has 3 aromatic rings. The largest absolute Gasteiger partial charge is 0.516 e. The number of carbonyl (C=O) groups is 2. The van der Waals surface area contributed by atoms with E-state index in [0.717, 1.165) is 5.56 Å². The first-order valence-electron chi connectivity index (χ1n) is 8.31. The van der Waals surface area contributed by atoms with Crippen LogP contribution in [0.15, 0.2) is 78.9 Å². The fraction of sp³-hybridized carbons (Fsp3) is 0.0476. The van der Waals surface area contributed by atoms with Crippen LogP contribution in [0.3, 0.4) is 0 Å². The van der Waals surface area contributed by atoms with E-state index in [9.17, 15) is 19.7 Å². The molecule has 0 bridgehead atoms. The molecule has 0 aliphatic carbocycles. The third kappa shape index (κ3) is 4.59. The maximum atomic E-state index is 12.4. The molecule has 0 aromatic heterocycles. The summed E-state index contributed by atoms with van der Waals surface area (Å²) in [5.41, 5.74) is 1.91. The molecule has 7 nitrogen and oxygen atoms in total. The first kappa shape index (κ1) is 18.8. The van der Waals surface area contributed by atoms with Crippen molar-refractivity contribution < 1.29 is 24.0 Å². The molecule has 0 amide bonds. The zero-order valence-corrected chi connectivity index (χ0v) is 14.6. The summed E-state index contributed by atoms with van der Waals surface area (Å²) in [4.78, 5) is 34.5. The summed E-state index contributed by atoms with van der Waals surface area (Å²) in [6.45, 7) is -0.0169. The van der Waals surface area contributed by atoms with E-state index >= 15 is 0 Å². The fourth-order valence-electron chi connectivity index (χ4n) is 2.55. The van der Waals surface area contributed by atoms with E-state index in [1.54, 1.807) is 42.5 Å². The predicted octanol–water partition coefficient (Wildman–Crippen LogP) is 4.76. The van der Waals surface area contributed by atoms with Crippen molar-refractivity contribution in [3.63, 3.8) is 0 Å². The standard InChI is InChI=1S/C21H15NO6/c23-20(28-21(24)27-14-15-6-2-1-3-7-15)19-9-5-4-8-18(19)16-10-12-17(13-11-16)22(25)26/h1-13H,14H2. The lowest BCUT2D eigenvalue weighted by Crippen LogP contribution is -2.14. The van der Waals surface area contributed by atoms with Gasteiger partial charge in [-0.25, -0.2) is 9.59 Å². The van der Waals surface area contributed by atoms with Crippen LogP contribution in [0.5, 0.6) is 0 Å². The smallest absolute Gasteiger partial charge is 0.429 e. The van der Waals surface area contributed by atoms with Gasteiger partial charge in [-0.3, -0.25) is 10.1 Å². The number of benzene rings is 3. The molecule has 0 N–H and O–H groups in total. The predicted molar refractivity (Wildman–Crippen MR) is 101 cm³/mol. The van der Waals surface area contributed by atoms with Crippen molar-refractivity contribution >= 4 is 17.8 Å². The third-order valence-corrected chi connectivity index (χ3v) is 3.91. The van der Waals surface area contributed by atoms with Crippen LogP contribution in [0.25, 0.3) is 11.1 Å². The average molecular weight is 377 g/mol. The van der Waals surface area contributed by atoms with E-state index in [4.69, 9.17) is 9.47 Å². The van der Waals surface area contributed by atoms with Crippen molar-refractivity contribution in [2.45, 2.75) is 6.61 Å². The molecule has 0 aliphatic heterocycles. The van der Waals surface area contributed by atoms with E-state index < -0.39 is 17.0 Å². The lowest BCUT2D eigenvalue weighted by Gasteiger charge is -2.09. The fourth-order valence-corrected chi connectivity index (χ4v) is 2.55. The van der Waals surface area contributed by atoms with E-state index in [-0.39, 0.29) is 17.9 Å². The van der Waals surface area contributed by atoms with E-state index in [2.05, 4.69) is 0 Å². The highest BCUT2D eigenvalue weighted by atomic mass is 16.7. The van der Waals surface area contributed by atoms with Crippen LogP contribution in [-0.2, 0) is 16.1 Å². The van der Waals surface area contributed by atoms with Gasteiger partial charge >= 0.3 is 12.1 Å². The van der Waals surface area contributed by atoms with Gasteiger partial charge in [0.25, 0.3) is 5.69 Å². The number of carbonyl (C=O) groups excluding carboxylic acids is 2. The minimum absolute atomic E-state index is 0.0169. The lowest BCUT2D eigenvalue weighted by molar-refractivity contribution is -0.384. The number of hydrogen-bond donors (Lipinski definition) is 0. The molecule has 0 spiro atoms. The van der Waals surface area contributed by atoms with Crippen LogP contribution in [0.4, 0.5) is 10.5 Å². The van der Waals surface area contributed by atoms with E-state index in [1.807, 2.05) is 6.07 Å². The van der Waals surface area contributed by atoms with Gasteiger partial charge in [0.15, 0.2) is 0 Å². The van der Waals surface area contributed by atoms with E-state index in [1.165, 1.54) is 30.3 Å². The monoisotopic (exact) mass is 377 g/mol. The summed E-state index contributed by atoms with van der Waals surface area (Å²) in [6.07, 6.45) is -1.10. The summed E-state index contributed by atoms with van der Waals surface area (Å²) in [5, 5.41) is 10.8. The van der Waals surface area contributed by atoms with Crippen LogP contribution >= 0.6 is 0 Å². The zero-order chi connectivity index (χ0) is 19.9. The Morgan fingerprint density at radius 2 is 1.50 bits per heavy atom. The van der Waals surface area contributed by atoms with Crippen molar-refractivity contribution in [1.29, 1.82) is 0 Å². The second-order valence-electron chi connectivity index (χ2n) is 5.76. The summed E-state index contributed by atoms with van der Waals surface area (Å²) < 4.78 is 9.72. The molecule has 0 unspecified atom stereocenters. The second-order valence-corrected chi connectivity index (χ2v) is 5.76. The molecule has 0 radical (unpaired) electrons. The highest BCUT2D eigenvalue weighted by molar-refractivity contribution is 6.01. The Morgan fingerprint density at radius 3 is 2.18 bits per heavy atom. The van der Waals surface area contributed by atoms with Crippen LogP contribution in [0.1, 0.15) is 15.9 Å². The van der Waals surface area contributed by atoms with Crippen molar-refractivity contribution in [3.8, 4) is 11.1 Å². The summed E-state index contributed by atoms with van der Waals surface area (Å²) >= 11 is 0. The number of rotatable bonds is 5. The first-order valence-corrected chi connectivity index (χ1v) is 8.31. The molecule has 3 aromatic carbocycles. The summed E-state index contributed by atoms with van der Waals surface area (Å²) in [6, 6.07) is 21.2. The van der Waals surface area contributed by atoms with Gasteiger partial charge in [0.2, 0.25) is 0 Å². The van der Waals surface area contributed by atoms with Crippen LogP contribution < -0.4 is 0 Å².